The number of hydrogen-bond acceptors (Lipinski definition) is 4. The van der Waals surface area contributed by atoms with Gasteiger partial charge >= 0.3 is 0 Å². The summed E-state index contributed by atoms with van der Waals surface area (Å²) in [6.45, 7) is 6.49. The molecule has 0 unspecified atom stereocenters. The molecule has 0 saturated carbocycles. The Labute approximate surface area is 108 Å². The van der Waals surface area contributed by atoms with Crippen LogP contribution in [-0.4, -0.2) is 22.6 Å². The Morgan fingerprint density at radius 2 is 1.94 bits per heavy atom. The van der Waals surface area contributed by atoms with E-state index in [4.69, 9.17) is 15.9 Å². The van der Waals surface area contributed by atoms with Crippen molar-refractivity contribution in [1.29, 1.82) is 5.41 Å². The van der Waals surface area contributed by atoms with E-state index in [2.05, 4.69) is 17.1 Å². The number of nitrogens with zero attached hydrogens (tertiary/aromatic N) is 2. The molecule has 1 rings (SSSR count). The zero-order chi connectivity index (χ0) is 13.5. The van der Waals surface area contributed by atoms with Crippen molar-refractivity contribution in [2.24, 2.45) is 5.73 Å². The Hall–Kier alpha value is -1.65. The predicted molar refractivity (Wildman–Crippen MR) is 72.2 cm³/mol. The molecule has 5 nitrogen and oxygen atoms in total. The second kappa shape index (κ2) is 6.93. The molecule has 1 aromatic heterocycles. The van der Waals surface area contributed by atoms with Crippen LogP contribution in [0.1, 0.15) is 49.4 Å². The zero-order valence-electron chi connectivity index (χ0n) is 11.4. The Morgan fingerprint density at radius 3 is 2.56 bits per heavy atom. The van der Waals surface area contributed by atoms with Crippen LogP contribution >= 0.6 is 0 Å². The van der Waals surface area contributed by atoms with Crippen LogP contribution < -0.4 is 10.5 Å². The maximum atomic E-state index is 7.59. The lowest BCUT2D eigenvalue weighted by molar-refractivity contribution is 0.289. The minimum atomic E-state index is -0.0194. The molecular formula is C13H22N4O. The van der Waals surface area contributed by atoms with Gasteiger partial charge in [-0.25, -0.2) is 0 Å². The summed E-state index contributed by atoms with van der Waals surface area (Å²) < 4.78 is 5.59. The lowest BCUT2D eigenvalue weighted by atomic mass is 10.1. The summed E-state index contributed by atoms with van der Waals surface area (Å²) >= 11 is 0. The number of nitrogen functional groups attached to an aromatic ring is 1. The SMILES string of the molecule is CCCCCCOc1nnc(C)c(C)c1C(=N)N. The number of rotatable bonds is 7. The van der Waals surface area contributed by atoms with Crippen molar-refractivity contribution in [2.45, 2.75) is 46.5 Å². The molecule has 0 aliphatic heterocycles. The monoisotopic (exact) mass is 250 g/mol. The summed E-state index contributed by atoms with van der Waals surface area (Å²) in [5.74, 6) is 0.358. The van der Waals surface area contributed by atoms with E-state index in [1.165, 1.54) is 12.8 Å². The van der Waals surface area contributed by atoms with Crippen molar-refractivity contribution in [3.63, 3.8) is 0 Å². The van der Waals surface area contributed by atoms with Gasteiger partial charge in [0.1, 0.15) is 5.84 Å². The number of ether oxygens (including phenoxy) is 1. The van der Waals surface area contributed by atoms with Gasteiger partial charge in [-0.05, 0) is 25.8 Å². The molecule has 0 atom stereocenters. The second-order valence-corrected chi connectivity index (χ2v) is 4.41. The van der Waals surface area contributed by atoms with E-state index < -0.39 is 0 Å². The van der Waals surface area contributed by atoms with Crippen LogP contribution in [0.5, 0.6) is 5.88 Å². The third kappa shape index (κ3) is 3.68. The molecule has 0 saturated heterocycles. The molecule has 3 N–H and O–H groups in total. The van der Waals surface area contributed by atoms with Crippen LogP contribution in [0, 0.1) is 19.3 Å². The van der Waals surface area contributed by atoms with Gasteiger partial charge in [-0.1, -0.05) is 26.2 Å². The quantitative estimate of drug-likeness (QED) is 0.442. The maximum Gasteiger partial charge on any atom is 0.244 e. The van der Waals surface area contributed by atoms with E-state index in [0.717, 1.165) is 24.1 Å². The van der Waals surface area contributed by atoms with Crippen molar-refractivity contribution in [2.75, 3.05) is 6.61 Å². The van der Waals surface area contributed by atoms with Gasteiger partial charge in [0.25, 0.3) is 0 Å². The van der Waals surface area contributed by atoms with Gasteiger partial charge in [0.15, 0.2) is 0 Å². The van der Waals surface area contributed by atoms with Gasteiger partial charge in [0, 0.05) is 0 Å². The average molecular weight is 250 g/mol. The largest absolute Gasteiger partial charge is 0.476 e. The first-order chi connectivity index (χ1) is 8.57. The molecule has 0 fully saturated rings. The highest BCUT2D eigenvalue weighted by Gasteiger charge is 2.14. The average Bonchev–Trinajstić information content (AvgIpc) is 2.33. The number of hydrogen-bond donors (Lipinski definition) is 2. The highest BCUT2D eigenvalue weighted by atomic mass is 16.5. The summed E-state index contributed by atoms with van der Waals surface area (Å²) in [5, 5.41) is 15.6. The molecule has 100 valence electrons. The Balaban J connectivity index is 2.70. The Bertz CT molecular complexity index is 418. The Morgan fingerprint density at radius 1 is 1.22 bits per heavy atom. The lowest BCUT2D eigenvalue weighted by Crippen LogP contribution is -2.18. The summed E-state index contributed by atoms with van der Waals surface area (Å²) in [4.78, 5) is 0. The fourth-order valence-electron chi connectivity index (χ4n) is 1.70. The van der Waals surface area contributed by atoms with Crippen LogP contribution in [0.2, 0.25) is 0 Å². The summed E-state index contributed by atoms with van der Waals surface area (Å²) in [6, 6.07) is 0. The van der Waals surface area contributed by atoms with Crippen molar-refractivity contribution in [1.82, 2.24) is 10.2 Å². The topological polar surface area (TPSA) is 84.9 Å². The van der Waals surface area contributed by atoms with Gasteiger partial charge < -0.3 is 10.5 Å². The van der Waals surface area contributed by atoms with Crippen LogP contribution in [0.15, 0.2) is 0 Å². The highest BCUT2D eigenvalue weighted by molar-refractivity contribution is 5.98. The smallest absolute Gasteiger partial charge is 0.244 e. The fraction of sp³-hybridized carbons (Fsp3) is 0.615. The van der Waals surface area contributed by atoms with E-state index >= 15 is 0 Å². The summed E-state index contributed by atoms with van der Waals surface area (Å²) in [6.07, 6.45) is 4.54. The van der Waals surface area contributed by atoms with Gasteiger partial charge in [-0.15, -0.1) is 5.10 Å². The van der Waals surface area contributed by atoms with Gasteiger partial charge in [0.05, 0.1) is 17.9 Å². The number of nitrogens with two attached hydrogens (primary N) is 1. The van der Waals surface area contributed by atoms with E-state index in [1.807, 2.05) is 13.8 Å². The Kier molecular flexibility index (Phi) is 5.55. The summed E-state index contributed by atoms with van der Waals surface area (Å²) in [7, 11) is 0. The number of nitrogens with one attached hydrogen (secondary N) is 1. The van der Waals surface area contributed by atoms with E-state index in [1.54, 1.807) is 0 Å². The first-order valence-electron chi connectivity index (χ1n) is 6.39. The molecule has 0 spiro atoms. The van der Waals surface area contributed by atoms with E-state index in [9.17, 15) is 0 Å². The second-order valence-electron chi connectivity index (χ2n) is 4.41. The van der Waals surface area contributed by atoms with Gasteiger partial charge in [-0.3, -0.25) is 5.41 Å². The number of unbranched alkanes of at least 4 members (excludes halogenated alkanes) is 3. The number of aromatic nitrogens is 2. The third-order valence-electron chi connectivity index (χ3n) is 2.93. The molecule has 18 heavy (non-hydrogen) atoms. The van der Waals surface area contributed by atoms with Crippen molar-refractivity contribution >= 4 is 5.84 Å². The van der Waals surface area contributed by atoms with Crippen molar-refractivity contribution in [3.8, 4) is 5.88 Å². The molecule has 0 aromatic carbocycles. The fourth-order valence-corrected chi connectivity index (χ4v) is 1.70. The number of amidine groups is 1. The maximum absolute atomic E-state index is 7.59. The molecule has 5 heteroatoms. The van der Waals surface area contributed by atoms with Gasteiger partial charge in [-0.2, -0.15) is 5.10 Å². The minimum Gasteiger partial charge on any atom is -0.476 e. The molecule has 0 amide bonds. The third-order valence-corrected chi connectivity index (χ3v) is 2.93. The molecule has 0 aliphatic rings. The highest BCUT2D eigenvalue weighted by Crippen LogP contribution is 2.20. The lowest BCUT2D eigenvalue weighted by Gasteiger charge is -2.12. The standard InChI is InChI=1S/C13H22N4O/c1-4-5-6-7-8-18-13-11(12(14)15)9(2)10(3)16-17-13/h4-8H2,1-3H3,(H3,14,15). The number of aryl methyl sites for hydroxylation is 1. The zero-order valence-corrected chi connectivity index (χ0v) is 11.4. The molecule has 0 aliphatic carbocycles. The van der Waals surface area contributed by atoms with Crippen LogP contribution in [0.25, 0.3) is 0 Å². The first-order valence-corrected chi connectivity index (χ1v) is 6.39. The summed E-state index contributed by atoms with van der Waals surface area (Å²) in [5.41, 5.74) is 7.78. The molecule has 0 bridgehead atoms. The molecule has 1 aromatic rings. The molecular weight excluding hydrogens is 228 g/mol. The van der Waals surface area contributed by atoms with Gasteiger partial charge in [0.2, 0.25) is 5.88 Å². The van der Waals surface area contributed by atoms with E-state index in [0.29, 0.717) is 18.1 Å². The van der Waals surface area contributed by atoms with Crippen molar-refractivity contribution in [3.05, 3.63) is 16.8 Å². The normalized spacial score (nSPS) is 10.4. The first kappa shape index (κ1) is 14.4. The predicted octanol–water partition coefficient (Wildman–Crippen LogP) is 2.34. The molecule has 0 radical (unpaired) electrons. The minimum absolute atomic E-state index is 0.0194. The van der Waals surface area contributed by atoms with Crippen molar-refractivity contribution < 1.29 is 4.74 Å². The molecule has 1 heterocycles. The van der Waals surface area contributed by atoms with E-state index in [-0.39, 0.29) is 5.84 Å². The van der Waals surface area contributed by atoms with Crippen LogP contribution in [0.4, 0.5) is 0 Å². The van der Waals surface area contributed by atoms with Crippen LogP contribution in [0.3, 0.4) is 0 Å². The van der Waals surface area contributed by atoms with Crippen LogP contribution in [-0.2, 0) is 0 Å².